The van der Waals surface area contributed by atoms with E-state index < -0.39 is 16.1 Å². The van der Waals surface area contributed by atoms with Crippen LogP contribution in [0.4, 0.5) is 0 Å². The molecule has 0 fully saturated rings. The number of sulfonamides is 1. The Labute approximate surface area is 200 Å². The molecule has 8 heteroatoms. The number of hydrogen-bond acceptors (Lipinski definition) is 6. The van der Waals surface area contributed by atoms with Crippen LogP contribution < -0.4 is 0 Å². The van der Waals surface area contributed by atoms with E-state index in [1.807, 2.05) is 55.5 Å². The number of aliphatic hydroxyl groups excluding tert-OH is 2. The zero-order valence-corrected chi connectivity index (χ0v) is 19.8. The monoisotopic (exact) mass is 480 g/mol. The molecule has 0 bridgehead atoms. The van der Waals surface area contributed by atoms with Gasteiger partial charge in [0.2, 0.25) is 10.0 Å². The summed E-state index contributed by atoms with van der Waals surface area (Å²) in [5.41, 5.74) is 5.67. The lowest BCUT2D eigenvalue weighted by Crippen LogP contribution is -2.40. The highest BCUT2D eigenvalue weighted by molar-refractivity contribution is 7.89. The molecule has 3 aromatic rings. The molecule has 1 aliphatic carbocycles. The molecule has 3 aromatic carbocycles. The fourth-order valence-corrected chi connectivity index (χ4v) is 5.50. The van der Waals surface area contributed by atoms with Gasteiger partial charge < -0.3 is 15.1 Å². The average Bonchev–Trinajstić information content (AvgIpc) is 3.16. The number of benzene rings is 3. The summed E-state index contributed by atoms with van der Waals surface area (Å²) in [4.78, 5) is 5.64. The van der Waals surface area contributed by atoms with Crippen molar-refractivity contribution in [3.63, 3.8) is 0 Å². The molecule has 7 nitrogen and oxygen atoms in total. The van der Waals surface area contributed by atoms with Crippen molar-refractivity contribution in [3.8, 4) is 11.1 Å². The van der Waals surface area contributed by atoms with Crippen LogP contribution in [0.1, 0.15) is 23.1 Å². The van der Waals surface area contributed by atoms with Crippen molar-refractivity contribution in [2.45, 2.75) is 24.3 Å². The van der Waals surface area contributed by atoms with Crippen molar-refractivity contribution in [2.24, 2.45) is 5.16 Å². The summed E-state index contributed by atoms with van der Waals surface area (Å²) in [5, 5.41) is 24.1. The predicted octanol–water partition coefficient (Wildman–Crippen LogP) is 3.18. The van der Waals surface area contributed by atoms with E-state index in [1.54, 1.807) is 24.3 Å². The maximum atomic E-state index is 13.1. The number of nitrogens with zero attached hydrogens (tertiary/aromatic N) is 2. The van der Waals surface area contributed by atoms with Gasteiger partial charge in [-0.15, -0.1) is 0 Å². The van der Waals surface area contributed by atoms with Gasteiger partial charge in [0.25, 0.3) is 0 Å². The van der Waals surface area contributed by atoms with Crippen LogP contribution >= 0.6 is 0 Å². The van der Waals surface area contributed by atoms with Gasteiger partial charge in [-0.2, -0.15) is 4.31 Å². The van der Waals surface area contributed by atoms with E-state index in [2.05, 4.69) is 5.16 Å². The fraction of sp³-hybridized carbons (Fsp3) is 0.269. The fourth-order valence-electron chi connectivity index (χ4n) is 3.98. The highest BCUT2D eigenvalue weighted by Crippen LogP contribution is 2.36. The van der Waals surface area contributed by atoms with Crippen LogP contribution in [-0.2, 0) is 14.9 Å². The Morgan fingerprint density at radius 3 is 2.03 bits per heavy atom. The standard InChI is InChI=1S/C26H28N2O5S/c1-19-11-13-21(14-12-19)34(31,32)28(15-6-16-29)17-20(30)18-33-27-26-24-9-4-2-7-22(24)23-8-3-5-10-25(23)26/h2-5,7-14,20,29-30H,6,15-18H2,1H3/t20-/m0/s1. The van der Waals surface area contributed by atoms with Gasteiger partial charge in [0.05, 0.1) is 4.90 Å². The van der Waals surface area contributed by atoms with Crippen LogP contribution in [0.3, 0.4) is 0 Å². The summed E-state index contributed by atoms with van der Waals surface area (Å²) in [6.45, 7) is 1.46. The molecule has 0 spiro atoms. The second-order valence-corrected chi connectivity index (χ2v) is 10.2. The SMILES string of the molecule is Cc1ccc(S(=O)(=O)N(CCCO)C[C@H](O)CON=C2c3ccccc3-c3ccccc32)cc1. The minimum Gasteiger partial charge on any atom is -0.396 e. The first-order valence-electron chi connectivity index (χ1n) is 11.2. The molecule has 34 heavy (non-hydrogen) atoms. The molecule has 0 saturated carbocycles. The van der Waals surface area contributed by atoms with Crippen molar-refractivity contribution in [2.75, 3.05) is 26.3 Å². The minimum atomic E-state index is -3.83. The first-order valence-corrected chi connectivity index (χ1v) is 12.6. The molecule has 0 aliphatic heterocycles. The molecular formula is C26H28N2O5S. The summed E-state index contributed by atoms with van der Waals surface area (Å²) in [5.74, 6) is 0. The third kappa shape index (κ3) is 5.05. The second kappa shape index (κ2) is 10.5. The maximum Gasteiger partial charge on any atom is 0.243 e. The van der Waals surface area contributed by atoms with E-state index in [0.717, 1.165) is 27.8 Å². The summed E-state index contributed by atoms with van der Waals surface area (Å²) < 4.78 is 27.4. The second-order valence-electron chi connectivity index (χ2n) is 8.23. The number of aliphatic hydroxyl groups is 2. The molecule has 0 heterocycles. The van der Waals surface area contributed by atoms with Crippen molar-refractivity contribution in [1.29, 1.82) is 0 Å². The molecule has 0 radical (unpaired) electrons. The van der Waals surface area contributed by atoms with E-state index >= 15 is 0 Å². The largest absolute Gasteiger partial charge is 0.396 e. The van der Waals surface area contributed by atoms with Crippen LogP contribution in [0.15, 0.2) is 82.8 Å². The quantitative estimate of drug-likeness (QED) is 0.340. The van der Waals surface area contributed by atoms with Gasteiger partial charge in [0.1, 0.15) is 18.4 Å². The molecule has 4 rings (SSSR count). The number of rotatable bonds is 10. The summed E-state index contributed by atoms with van der Waals surface area (Å²) in [7, 11) is -3.83. The van der Waals surface area contributed by atoms with Crippen LogP contribution in [0.25, 0.3) is 11.1 Å². The Balaban J connectivity index is 1.47. The molecular weight excluding hydrogens is 452 g/mol. The molecule has 2 N–H and O–H groups in total. The molecule has 0 unspecified atom stereocenters. The maximum absolute atomic E-state index is 13.1. The van der Waals surface area contributed by atoms with Gasteiger partial charge in [-0.3, -0.25) is 0 Å². The van der Waals surface area contributed by atoms with E-state index in [0.29, 0.717) is 5.71 Å². The average molecular weight is 481 g/mol. The van der Waals surface area contributed by atoms with Gasteiger partial charge in [0, 0.05) is 30.8 Å². The van der Waals surface area contributed by atoms with Crippen LogP contribution in [0.5, 0.6) is 0 Å². The van der Waals surface area contributed by atoms with Crippen molar-refractivity contribution >= 4 is 15.7 Å². The topological polar surface area (TPSA) is 99.4 Å². The number of aryl methyl sites for hydroxylation is 1. The Morgan fingerprint density at radius 2 is 1.47 bits per heavy atom. The Hall–Kier alpha value is -3.04. The summed E-state index contributed by atoms with van der Waals surface area (Å²) in [6.07, 6.45) is -0.843. The Morgan fingerprint density at radius 1 is 0.912 bits per heavy atom. The smallest absolute Gasteiger partial charge is 0.243 e. The highest BCUT2D eigenvalue weighted by Gasteiger charge is 2.27. The van der Waals surface area contributed by atoms with Gasteiger partial charge in [-0.25, -0.2) is 8.42 Å². The van der Waals surface area contributed by atoms with E-state index in [9.17, 15) is 18.6 Å². The lowest BCUT2D eigenvalue weighted by atomic mass is 10.1. The zero-order valence-electron chi connectivity index (χ0n) is 19.0. The third-order valence-corrected chi connectivity index (χ3v) is 7.60. The normalized spacial score (nSPS) is 13.5. The van der Waals surface area contributed by atoms with Gasteiger partial charge >= 0.3 is 0 Å². The first kappa shape index (κ1) is 24.1. The van der Waals surface area contributed by atoms with E-state index in [4.69, 9.17) is 4.84 Å². The molecule has 0 saturated heterocycles. The van der Waals surface area contributed by atoms with Crippen molar-refractivity contribution in [3.05, 3.63) is 89.5 Å². The van der Waals surface area contributed by atoms with E-state index in [-0.39, 0.29) is 37.6 Å². The van der Waals surface area contributed by atoms with Crippen LogP contribution in [0, 0.1) is 6.92 Å². The molecule has 0 amide bonds. The third-order valence-electron chi connectivity index (χ3n) is 5.72. The number of hydrogen-bond donors (Lipinski definition) is 2. The first-order chi connectivity index (χ1) is 16.4. The van der Waals surface area contributed by atoms with Gasteiger partial charge in [-0.1, -0.05) is 71.4 Å². The Bertz CT molecular complexity index is 1220. The molecule has 178 valence electrons. The lowest BCUT2D eigenvalue weighted by Gasteiger charge is -2.24. The molecule has 0 aromatic heterocycles. The van der Waals surface area contributed by atoms with Crippen LogP contribution in [-0.4, -0.2) is 61.1 Å². The van der Waals surface area contributed by atoms with Gasteiger partial charge in [-0.05, 0) is 36.6 Å². The highest BCUT2D eigenvalue weighted by atomic mass is 32.2. The minimum absolute atomic E-state index is 0.0824. The van der Waals surface area contributed by atoms with E-state index in [1.165, 1.54) is 4.31 Å². The summed E-state index contributed by atoms with van der Waals surface area (Å²) >= 11 is 0. The van der Waals surface area contributed by atoms with Crippen molar-refractivity contribution < 1.29 is 23.5 Å². The molecule has 1 atom stereocenters. The van der Waals surface area contributed by atoms with Crippen molar-refractivity contribution in [1.82, 2.24) is 4.31 Å². The Kier molecular flexibility index (Phi) is 7.43. The lowest BCUT2D eigenvalue weighted by molar-refractivity contribution is 0.0304. The van der Waals surface area contributed by atoms with Crippen LogP contribution in [0.2, 0.25) is 0 Å². The zero-order chi connectivity index (χ0) is 24.1. The molecule has 1 aliphatic rings. The van der Waals surface area contributed by atoms with Gasteiger partial charge in [0.15, 0.2) is 0 Å². The predicted molar refractivity (Wildman–Crippen MR) is 131 cm³/mol. The number of fused-ring (bicyclic) bond motifs is 3. The number of oxime groups is 1. The summed E-state index contributed by atoms with van der Waals surface area (Å²) in [6, 6.07) is 22.3.